The SMILES string of the molecule is COC(=O)[C@H](CC1CC1)NC(=O)[C@H](O)[C@@H](NC(=O)c1ccccc1)c1ccccc1. The van der Waals surface area contributed by atoms with Gasteiger partial charge in [0.1, 0.15) is 6.04 Å². The van der Waals surface area contributed by atoms with Gasteiger partial charge in [-0.05, 0) is 30.0 Å². The second-order valence-electron chi connectivity index (χ2n) is 7.44. The third-order valence-corrected chi connectivity index (χ3v) is 5.13. The predicted octanol–water partition coefficient (Wildman–Crippen LogP) is 1.98. The fourth-order valence-electron chi connectivity index (χ4n) is 3.27. The predicted molar refractivity (Wildman–Crippen MR) is 110 cm³/mol. The van der Waals surface area contributed by atoms with Crippen LogP contribution in [0, 0.1) is 5.92 Å². The van der Waals surface area contributed by atoms with E-state index in [1.807, 2.05) is 0 Å². The van der Waals surface area contributed by atoms with E-state index in [1.165, 1.54) is 7.11 Å². The van der Waals surface area contributed by atoms with E-state index in [2.05, 4.69) is 10.6 Å². The highest BCUT2D eigenvalue weighted by Gasteiger charge is 2.35. The molecule has 0 unspecified atom stereocenters. The van der Waals surface area contributed by atoms with Gasteiger partial charge in [-0.15, -0.1) is 0 Å². The van der Waals surface area contributed by atoms with Crippen LogP contribution in [0.1, 0.15) is 41.2 Å². The van der Waals surface area contributed by atoms with Gasteiger partial charge in [-0.3, -0.25) is 9.59 Å². The van der Waals surface area contributed by atoms with E-state index < -0.39 is 36.0 Å². The highest BCUT2D eigenvalue weighted by Crippen LogP contribution is 2.33. The molecule has 1 saturated carbocycles. The number of hydrogen-bond acceptors (Lipinski definition) is 5. The Hall–Kier alpha value is -3.19. The molecule has 7 nitrogen and oxygen atoms in total. The van der Waals surface area contributed by atoms with Crippen molar-refractivity contribution in [2.24, 2.45) is 5.92 Å². The smallest absolute Gasteiger partial charge is 0.328 e. The summed E-state index contributed by atoms with van der Waals surface area (Å²) >= 11 is 0. The van der Waals surface area contributed by atoms with Crippen LogP contribution in [0.2, 0.25) is 0 Å². The van der Waals surface area contributed by atoms with Gasteiger partial charge in [0.05, 0.1) is 13.2 Å². The Balaban J connectivity index is 1.76. The molecule has 2 aromatic rings. The van der Waals surface area contributed by atoms with Crippen LogP contribution in [-0.4, -0.2) is 42.1 Å². The number of amides is 2. The number of carbonyl (C=O) groups excluding carboxylic acids is 3. The molecule has 1 fully saturated rings. The second kappa shape index (κ2) is 10.0. The molecule has 2 aromatic carbocycles. The Morgan fingerprint density at radius 3 is 2.17 bits per heavy atom. The monoisotopic (exact) mass is 410 g/mol. The Kier molecular flexibility index (Phi) is 7.19. The lowest BCUT2D eigenvalue weighted by Gasteiger charge is -2.26. The van der Waals surface area contributed by atoms with Gasteiger partial charge in [0.15, 0.2) is 6.10 Å². The molecule has 0 saturated heterocycles. The number of methoxy groups -OCH3 is 1. The first-order valence-corrected chi connectivity index (χ1v) is 9.96. The Morgan fingerprint density at radius 1 is 1.00 bits per heavy atom. The van der Waals surface area contributed by atoms with Gasteiger partial charge in [0, 0.05) is 5.56 Å². The summed E-state index contributed by atoms with van der Waals surface area (Å²) in [5.74, 6) is -1.34. The normalized spacial score (nSPS) is 16.1. The summed E-state index contributed by atoms with van der Waals surface area (Å²) < 4.78 is 4.78. The van der Waals surface area contributed by atoms with Crippen molar-refractivity contribution in [3.8, 4) is 0 Å². The van der Waals surface area contributed by atoms with Gasteiger partial charge in [-0.2, -0.15) is 0 Å². The van der Waals surface area contributed by atoms with E-state index in [4.69, 9.17) is 4.74 Å². The average Bonchev–Trinajstić information content (AvgIpc) is 3.61. The highest BCUT2D eigenvalue weighted by atomic mass is 16.5. The number of benzene rings is 2. The minimum Gasteiger partial charge on any atom is -0.467 e. The molecule has 0 bridgehead atoms. The zero-order chi connectivity index (χ0) is 21.5. The van der Waals surface area contributed by atoms with E-state index in [1.54, 1.807) is 60.7 Å². The van der Waals surface area contributed by atoms with Crippen molar-refractivity contribution >= 4 is 17.8 Å². The van der Waals surface area contributed by atoms with Crippen LogP contribution in [-0.2, 0) is 14.3 Å². The maximum atomic E-state index is 12.8. The molecule has 30 heavy (non-hydrogen) atoms. The average molecular weight is 410 g/mol. The molecular weight excluding hydrogens is 384 g/mol. The van der Waals surface area contributed by atoms with Crippen molar-refractivity contribution < 1.29 is 24.2 Å². The van der Waals surface area contributed by atoms with Gasteiger partial charge in [0.25, 0.3) is 11.8 Å². The summed E-state index contributed by atoms with van der Waals surface area (Å²) in [6, 6.07) is 15.5. The standard InChI is InChI=1S/C23H26N2O5/c1-30-23(29)18(14-15-12-13-15)24-22(28)20(26)19(16-8-4-2-5-9-16)25-21(27)17-10-6-3-7-11-17/h2-11,15,18-20,26H,12-14H2,1H3,(H,24,28)(H,25,27)/t18-,19-,20+/m0/s1. The molecule has 3 atom stereocenters. The first-order valence-electron chi connectivity index (χ1n) is 9.96. The number of rotatable bonds is 9. The number of nitrogens with one attached hydrogen (secondary N) is 2. The van der Waals surface area contributed by atoms with Crippen LogP contribution in [0.25, 0.3) is 0 Å². The van der Waals surface area contributed by atoms with Gasteiger partial charge in [-0.1, -0.05) is 61.4 Å². The van der Waals surface area contributed by atoms with Crippen LogP contribution in [0.5, 0.6) is 0 Å². The van der Waals surface area contributed by atoms with E-state index in [9.17, 15) is 19.5 Å². The molecule has 0 heterocycles. The molecule has 158 valence electrons. The number of hydrogen-bond donors (Lipinski definition) is 3. The molecular formula is C23H26N2O5. The topological polar surface area (TPSA) is 105 Å². The molecule has 0 radical (unpaired) electrons. The molecule has 2 amide bonds. The number of aliphatic hydroxyl groups excluding tert-OH is 1. The van der Waals surface area contributed by atoms with Crippen LogP contribution in [0.4, 0.5) is 0 Å². The summed E-state index contributed by atoms with van der Waals surface area (Å²) in [5.41, 5.74) is 0.980. The highest BCUT2D eigenvalue weighted by molar-refractivity contribution is 5.95. The summed E-state index contributed by atoms with van der Waals surface area (Å²) in [6.45, 7) is 0. The Bertz CT molecular complexity index is 868. The van der Waals surface area contributed by atoms with E-state index in [0.29, 0.717) is 23.5 Å². The van der Waals surface area contributed by atoms with Crippen LogP contribution in [0.15, 0.2) is 60.7 Å². The molecule has 3 N–H and O–H groups in total. The van der Waals surface area contributed by atoms with Gasteiger partial charge in [0.2, 0.25) is 0 Å². The zero-order valence-corrected chi connectivity index (χ0v) is 16.8. The maximum Gasteiger partial charge on any atom is 0.328 e. The lowest BCUT2D eigenvalue weighted by atomic mass is 9.99. The third kappa shape index (κ3) is 5.67. The second-order valence-corrected chi connectivity index (χ2v) is 7.44. The number of aliphatic hydroxyl groups is 1. The summed E-state index contributed by atoms with van der Waals surface area (Å²) in [5, 5.41) is 16.1. The van der Waals surface area contributed by atoms with Crippen molar-refractivity contribution in [1.29, 1.82) is 0 Å². The lowest BCUT2D eigenvalue weighted by Crippen LogP contribution is -2.50. The quantitative estimate of drug-likeness (QED) is 0.549. The van der Waals surface area contributed by atoms with Crippen LogP contribution in [0.3, 0.4) is 0 Å². The Morgan fingerprint density at radius 2 is 1.60 bits per heavy atom. The lowest BCUT2D eigenvalue weighted by molar-refractivity contribution is -0.147. The summed E-state index contributed by atoms with van der Waals surface area (Å²) in [6.07, 6.45) is 0.890. The van der Waals surface area contributed by atoms with Crippen molar-refractivity contribution in [3.05, 3.63) is 71.8 Å². The minimum atomic E-state index is -1.59. The first kappa shape index (κ1) is 21.5. The van der Waals surface area contributed by atoms with Gasteiger partial charge >= 0.3 is 5.97 Å². The fourth-order valence-corrected chi connectivity index (χ4v) is 3.27. The molecule has 1 aliphatic carbocycles. The van der Waals surface area contributed by atoms with Gasteiger partial charge < -0.3 is 20.5 Å². The van der Waals surface area contributed by atoms with Crippen molar-refractivity contribution in [2.45, 2.75) is 37.5 Å². The molecule has 7 heteroatoms. The molecule has 3 rings (SSSR count). The van der Waals surface area contributed by atoms with Gasteiger partial charge in [-0.25, -0.2) is 4.79 Å². The zero-order valence-electron chi connectivity index (χ0n) is 16.8. The van der Waals surface area contributed by atoms with E-state index in [0.717, 1.165) is 12.8 Å². The molecule has 0 aromatic heterocycles. The van der Waals surface area contributed by atoms with Crippen LogP contribution >= 0.6 is 0 Å². The molecule has 0 aliphatic heterocycles. The van der Waals surface area contributed by atoms with Crippen molar-refractivity contribution in [2.75, 3.05) is 7.11 Å². The molecule has 0 spiro atoms. The van der Waals surface area contributed by atoms with Crippen molar-refractivity contribution in [3.63, 3.8) is 0 Å². The largest absolute Gasteiger partial charge is 0.467 e. The van der Waals surface area contributed by atoms with Crippen LogP contribution < -0.4 is 10.6 Å². The van der Waals surface area contributed by atoms with Crippen molar-refractivity contribution in [1.82, 2.24) is 10.6 Å². The fraction of sp³-hybridized carbons (Fsp3) is 0.348. The maximum absolute atomic E-state index is 12.8. The van der Waals surface area contributed by atoms with E-state index >= 15 is 0 Å². The number of ether oxygens (including phenoxy) is 1. The Labute approximate surface area is 175 Å². The summed E-state index contributed by atoms with van der Waals surface area (Å²) in [7, 11) is 1.26. The third-order valence-electron chi connectivity index (χ3n) is 5.13. The number of esters is 1. The first-order chi connectivity index (χ1) is 14.5. The molecule has 1 aliphatic rings. The summed E-state index contributed by atoms with van der Waals surface area (Å²) in [4.78, 5) is 37.5. The minimum absolute atomic E-state index is 0.370. The number of carbonyl (C=O) groups is 3. The van der Waals surface area contributed by atoms with E-state index in [-0.39, 0.29) is 0 Å².